The van der Waals surface area contributed by atoms with E-state index in [0.717, 1.165) is 29.0 Å². The number of para-hydroxylation sites is 4. The quantitative estimate of drug-likeness (QED) is 0.209. The van der Waals surface area contributed by atoms with Crippen LogP contribution in [-0.2, 0) is 6.42 Å². The van der Waals surface area contributed by atoms with Crippen LogP contribution in [0.15, 0.2) is 133 Å². The zero-order chi connectivity index (χ0) is 27.8. The molecule has 0 atom stereocenters. The number of benzene rings is 6. The zero-order valence-electron chi connectivity index (χ0n) is 22.4. The molecule has 0 saturated carbocycles. The molecule has 198 valence electrons. The Morgan fingerprint density at radius 2 is 0.951 bits per heavy atom. The Balaban J connectivity index is 1.28. The normalized spacial score (nSPS) is 11.5. The molecule has 4 N–H and O–H groups in total. The molecule has 0 heterocycles. The molecule has 0 saturated heterocycles. The van der Waals surface area contributed by atoms with Crippen LogP contribution < -0.4 is 20.9 Å². The summed E-state index contributed by atoms with van der Waals surface area (Å²) in [4.78, 5) is 0. The molecule has 41 heavy (non-hydrogen) atoms. The molecule has 0 spiro atoms. The molecule has 6 aromatic carbocycles. The lowest BCUT2D eigenvalue weighted by molar-refractivity contribution is 0.485. The van der Waals surface area contributed by atoms with E-state index in [2.05, 4.69) is 60.7 Å². The highest BCUT2D eigenvalue weighted by Crippen LogP contribution is 2.46. The first-order valence-electron chi connectivity index (χ1n) is 13.6. The molecule has 0 aliphatic heterocycles. The first-order chi connectivity index (χ1) is 20.1. The van der Waals surface area contributed by atoms with Crippen LogP contribution in [0, 0.1) is 0 Å². The molecule has 0 aromatic heterocycles. The minimum absolute atomic E-state index is 0.611. The fraction of sp³-hybridized carbons (Fsp3) is 0.0270. The highest BCUT2D eigenvalue weighted by Gasteiger charge is 2.24. The van der Waals surface area contributed by atoms with Crippen LogP contribution in [0.4, 0.5) is 11.4 Å². The van der Waals surface area contributed by atoms with Crippen LogP contribution in [0.2, 0.25) is 0 Å². The van der Waals surface area contributed by atoms with Crippen LogP contribution in [0.3, 0.4) is 0 Å². The molecule has 0 amide bonds. The third-order valence-corrected chi connectivity index (χ3v) is 7.59. The van der Waals surface area contributed by atoms with Crippen LogP contribution >= 0.6 is 0 Å². The molecule has 0 fully saturated rings. The van der Waals surface area contributed by atoms with E-state index in [1.807, 2.05) is 72.8 Å². The third-order valence-electron chi connectivity index (χ3n) is 7.59. The Morgan fingerprint density at radius 1 is 0.439 bits per heavy atom. The van der Waals surface area contributed by atoms with Crippen LogP contribution in [-0.4, -0.2) is 0 Å². The summed E-state index contributed by atoms with van der Waals surface area (Å²) in [5.41, 5.74) is 23.3. The van der Waals surface area contributed by atoms with Crippen LogP contribution in [0.25, 0.3) is 33.4 Å². The Hall–Kier alpha value is -5.48. The molecule has 4 nitrogen and oxygen atoms in total. The van der Waals surface area contributed by atoms with Crippen molar-refractivity contribution >= 4 is 11.4 Å². The first kappa shape index (κ1) is 24.6. The maximum absolute atomic E-state index is 6.10. The minimum atomic E-state index is 0.611. The van der Waals surface area contributed by atoms with Gasteiger partial charge in [-0.2, -0.15) is 0 Å². The molecule has 0 radical (unpaired) electrons. The number of nitrogens with two attached hydrogens (primary N) is 2. The average molecular weight is 533 g/mol. The van der Waals surface area contributed by atoms with E-state index in [1.54, 1.807) is 0 Å². The molecule has 4 heteroatoms. The average Bonchev–Trinajstić information content (AvgIpc) is 3.39. The topological polar surface area (TPSA) is 70.5 Å². The second kappa shape index (κ2) is 10.2. The second-order valence-corrected chi connectivity index (χ2v) is 10.2. The summed E-state index contributed by atoms with van der Waals surface area (Å²) in [6.07, 6.45) is 0.891. The van der Waals surface area contributed by atoms with E-state index in [4.69, 9.17) is 20.9 Å². The Bertz CT molecular complexity index is 1880. The van der Waals surface area contributed by atoms with Gasteiger partial charge in [-0.25, -0.2) is 0 Å². The minimum Gasteiger partial charge on any atom is -0.455 e. The molecule has 0 bridgehead atoms. The number of hydrogen-bond acceptors (Lipinski definition) is 4. The van der Waals surface area contributed by atoms with Gasteiger partial charge in [0.1, 0.15) is 23.0 Å². The van der Waals surface area contributed by atoms with E-state index in [-0.39, 0.29) is 0 Å². The number of nitrogen functional groups attached to an aromatic ring is 2. The lowest BCUT2D eigenvalue weighted by atomic mass is 9.88. The van der Waals surface area contributed by atoms with Gasteiger partial charge < -0.3 is 20.9 Å². The van der Waals surface area contributed by atoms with Crippen LogP contribution in [0.5, 0.6) is 23.0 Å². The molecule has 6 aromatic rings. The van der Waals surface area contributed by atoms with E-state index < -0.39 is 0 Å². The van der Waals surface area contributed by atoms with Crippen molar-refractivity contribution in [3.8, 4) is 56.4 Å². The van der Waals surface area contributed by atoms with Gasteiger partial charge in [0.05, 0.1) is 11.4 Å². The lowest BCUT2D eigenvalue weighted by Gasteiger charge is -2.17. The molecule has 0 unspecified atom stereocenters. The Kier molecular flexibility index (Phi) is 6.14. The van der Waals surface area contributed by atoms with Crippen molar-refractivity contribution in [2.75, 3.05) is 11.5 Å². The first-order valence-corrected chi connectivity index (χ1v) is 13.6. The fourth-order valence-electron chi connectivity index (χ4n) is 5.57. The van der Waals surface area contributed by atoms with Crippen molar-refractivity contribution in [1.82, 2.24) is 0 Å². The van der Waals surface area contributed by atoms with Crippen molar-refractivity contribution < 1.29 is 9.47 Å². The van der Waals surface area contributed by atoms with Gasteiger partial charge in [-0.15, -0.1) is 0 Å². The van der Waals surface area contributed by atoms with Gasteiger partial charge >= 0.3 is 0 Å². The number of hydrogen-bond donors (Lipinski definition) is 2. The number of fused-ring (bicyclic) bond motifs is 3. The van der Waals surface area contributed by atoms with Crippen molar-refractivity contribution in [2.24, 2.45) is 0 Å². The molecular formula is C37H28N2O2. The van der Waals surface area contributed by atoms with Gasteiger partial charge in [0.15, 0.2) is 0 Å². The van der Waals surface area contributed by atoms with Gasteiger partial charge in [0.2, 0.25) is 0 Å². The van der Waals surface area contributed by atoms with Crippen molar-refractivity contribution in [2.45, 2.75) is 6.42 Å². The summed E-state index contributed by atoms with van der Waals surface area (Å²) in [6.45, 7) is 0. The van der Waals surface area contributed by atoms with Crippen molar-refractivity contribution in [3.05, 3.63) is 145 Å². The predicted octanol–water partition coefficient (Wildman–Crippen LogP) is 9.34. The van der Waals surface area contributed by atoms with E-state index in [9.17, 15) is 0 Å². The van der Waals surface area contributed by atoms with Crippen molar-refractivity contribution in [1.29, 1.82) is 0 Å². The zero-order valence-corrected chi connectivity index (χ0v) is 22.4. The van der Waals surface area contributed by atoms with Gasteiger partial charge in [0.25, 0.3) is 0 Å². The second-order valence-electron chi connectivity index (χ2n) is 10.2. The third kappa shape index (κ3) is 4.66. The van der Waals surface area contributed by atoms with Gasteiger partial charge in [-0.05, 0) is 99.5 Å². The summed E-state index contributed by atoms with van der Waals surface area (Å²) in [7, 11) is 0. The fourth-order valence-corrected chi connectivity index (χ4v) is 5.57. The highest BCUT2D eigenvalue weighted by molar-refractivity contribution is 5.93. The lowest BCUT2D eigenvalue weighted by Crippen LogP contribution is -1.95. The number of rotatable bonds is 6. The number of ether oxygens (including phenoxy) is 2. The SMILES string of the molecule is Nc1ccccc1Oc1ccc(-c2ccc3c(c2-c2ccc(Oc4ccccc4N)cc2)Cc2ccccc2-3)cc1. The van der Waals surface area contributed by atoms with Crippen LogP contribution in [0.1, 0.15) is 11.1 Å². The smallest absolute Gasteiger partial charge is 0.150 e. The molecule has 1 aliphatic rings. The van der Waals surface area contributed by atoms with E-state index >= 15 is 0 Å². The highest BCUT2D eigenvalue weighted by atomic mass is 16.5. The van der Waals surface area contributed by atoms with Gasteiger partial charge in [-0.3, -0.25) is 0 Å². The van der Waals surface area contributed by atoms with Gasteiger partial charge in [-0.1, -0.05) is 84.9 Å². The predicted molar refractivity (Wildman–Crippen MR) is 167 cm³/mol. The summed E-state index contributed by atoms with van der Waals surface area (Å²) in [5.74, 6) is 2.78. The van der Waals surface area contributed by atoms with E-state index in [0.29, 0.717) is 22.9 Å². The van der Waals surface area contributed by atoms with Crippen molar-refractivity contribution in [3.63, 3.8) is 0 Å². The maximum atomic E-state index is 6.10. The Morgan fingerprint density at radius 3 is 1.56 bits per heavy atom. The Labute approximate surface area is 239 Å². The van der Waals surface area contributed by atoms with Gasteiger partial charge in [0, 0.05) is 0 Å². The number of anilines is 2. The summed E-state index contributed by atoms with van der Waals surface area (Å²) < 4.78 is 12.1. The summed E-state index contributed by atoms with van der Waals surface area (Å²) >= 11 is 0. The molecular weight excluding hydrogens is 504 g/mol. The van der Waals surface area contributed by atoms with E-state index in [1.165, 1.54) is 33.4 Å². The molecule has 1 aliphatic carbocycles. The summed E-state index contributed by atoms with van der Waals surface area (Å²) in [6, 6.07) is 44.7. The molecule has 7 rings (SSSR count). The monoisotopic (exact) mass is 532 g/mol. The maximum Gasteiger partial charge on any atom is 0.150 e. The largest absolute Gasteiger partial charge is 0.455 e. The standard InChI is InChI=1S/C37H28N2O2/c38-33-9-3-5-11-35(33)40-27-17-13-24(14-18-27)30-21-22-31-29-8-2-1-7-26(29)23-32(31)37(30)25-15-19-28(20-16-25)41-36-12-6-4-10-34(36)39/h1-22H,23,38-39H2. The summed E-state index contributed by atoms with van der Waals surface area (Å²) in [5, 5.41) is 0.